The lowest BCUT2D eigenvalue weighted by molar-refractivity contribution is 0.660. The van der Waals surface area contributed by atoms with Crippen molar-refractivity contribution in [2.75, 3.05) is 11.5 Å². The number of hydrogen-bond donors (Lipinski definition) is 0. The lowest BCUT2D eigenvalue weighted by Crippen LogP contribution is -2.33. The molecule has 1 heterocycles. The van der Waals surface area contributed by atoms with E-state index in [4.69, 9.17) is 0 Å². The molecule has 0 amide bonds. The van der Waals surface area contributed by atoms with Crippen molar-refractivity contribution in [3.63, 3.8) is 0 Å². The molecule has 1 aliphatic rings. The summed E-state index contributed by atoms with van der Waals surface area (Å²) in [5.74, 6) is 1.91. The van der Waals surface area contributed by atoms with Crippen molar-refractivity contribution in [2.45, 2.75) is 16.9 Å². The van der Waals surface area contributed by atoms with Crippen molar-refractivity contribution >= 4 is 22.6 Å². The standard InChI is InChI=1S/C13H16OS2/c1-2-9-13(12-7-4-3-5-8-12)15-10-6-11-16(13)14/h2-5,7-8H,1,6,9-11H2/t13-,16?/m1/s1. The number of hydrogen-bond acceptors (Lipinski definition) is 2. The van der Waals surface area contributed by atoms with Crippen molar-refractivity contribution in [1.82, 2.24) is 0 Å². The van der Waals surface area contributed by atoms with E-state index in [1.165, 1.54) is 5.56 Å². The Morgan fingerprint density at radius 1 is 1.44 bits per heavy atom. The molecule has 1 aromatic carbocycles. The molecule has 0 N–H and O–H groups in total. The summed E-state index contributed by atoms with van der Waals surface area (Å²) in [7, 11) is -0.796. The number of rotatable bonds is 3. The molecule has 86 valence electrons. The van der Waals surface area contributed by atoms with Crippen LogP contribution in [0.5, 0.6) is 0 Å². The first-order valence-corrected chi connectivity index (χ1v) is 7.79. The lowest BCUT2D eigenvalue weighted by atomic mass is 10.1. The van der Waals surface area contributed by atoms with Crippen molar-refractivity contribution in [3.8, 4) is 0 Å². The molecule has 1 fully saturated rings. The smallest absolute Gasteiger partial charge is 0.119 e. The molecule has 0 aliphatic carbocycles. The van der Waals surface area contributed by atoms with Gasteiger partial charge in [-0.05, 0) is 24.2 Å². The maximum absolute atomic E-state index is 12.3. The third-order valence-corrected chi connectivity index (χ3v) is 6.87. The molecule has 1 aliphatic heterocycles. The number of benzene rings is 1. The van der Waals surface area contributed by atoms with Gasteiger partial charge in [0.2, 0.25) is 0 Å². The van der Waals surface area contributed by atoms with Crippen molar-refractivity contribution in [3.05, 3.63) is 48.6 Å². The second kappa shape index (κ2) is 5.19. The molecule has 2 rings (SSSR count). The van der Waals surface area contributed by atoms with Crippen molar-refractivity contribution in [1.29, 1.82) is 0 Å². The minimum Gasteiger partial charge on any atom is -0.258 e. The van der Waals surface area contributed by atoms with Crippen LogP contribution in [-0.4, -0.2) is 15.7 Å². The lowest BCUT2D eigenvalue weighted by Gasteiger charge is -2.35. The summed E-state index contributed by atoms with van der Waals surface area (Å²) >= 11 is 1.83. The van der Waals surface area contributed by atoms with Gasteiger partial charge in [-0.1, -0.05) is 36.4 Å². The topological polar surface area (TPSA) is 17.1 Å². The zero-order chi connectivity index (χ0) is 11.4. The van der Waals surface area contributed by atoms with Gasteiger partial charge in [0.15, 0.2) is 0 Å². The molecule has 1 saturated heterocycles. The molecule has 2 atom stereocenters. The highest BCUT2D eigenvalue weighted by molar-refractivity contribution is 8.12. The first kappa shape index (κ1) is 11.9. The van der Waals surface area contributed by atoms with Crippen LogP contribution < -0.4 is 0 Å². The van der Waals surface area contributed by atoms with E-state index in [1.54, 1.807) is 0 Å². The van der Waals surface area contributed by atoms with Crippen LogP contribution in [0, 0.1) is 0 Å². The quantitative estimate of drug-likeness (QED) is 0.768. The van der Waals surface area contributed by atoms with Gasteiger partial charge in [-0.3, -0.25) is 4.21 Å². The van der Waals surface area contributed by atoms with Gasteiger partial charge in [0.25, 0.3) is 0 Å². The predicted molar refractivity (Wildman–Crippen MR) is 73.0 cm³/mol. The van der Waals surface area contributed by atoms with Crippen LogP contribution in [0.2, 0.25) is 0 Å². The van der Waals surface area contributed by atoms with E-state index in [0.717, 1.165) is 24.3 Å². The van der Waals surface area contributed by atoms with E-state index in [2.05, 4.69) is 18.7 Å². The van der Waals surface area contributed by atoms with Gasteiger partial charge in [-0.25, -0.2) is 0 Å². The third-order valence-electron chi connectivity index (χ3n) is 2.80. The fourth-order valence-corrected chi connectivity index (χ4v) is 5.83. The molecule has 1 unspecified atom stereocenters. The van der Waals surface area contributed by atoms with Crippen LogP contribution in [0.4, 0.5) is 0 Å². The van der Waals surface area contributed by atoms with Gasteiger partial charge in [0.05, 0.1) is 0 Å². The van der Waals surface area contributed by atoms with Crippen LogP contribution in [0.1, 0.15) is 18.4 Å². The van der Waals surface area contributed by atoms with Gasteiger partial charge in [0.1, 0.15) is 4.08 Å². The molecular formula is C13H16OS2. The molecule has 3 heteroatoms. The Bertz CT molecular complexity index is 388. The Balaban J connectivity index is 2.41. The zero-order valence-corrected chi connectivity index (χ0v) is 10.9. The molecule has 0 spiro atoms. The Labute approximate surface area is 104 Å². The highest BCUT2D eigenvalue weighted by Crippen LogP contribution is 2.46. The average molecular weight is 252 g/mol. The normalized spacial score (nSPS) is 29.9. The van der Waals surface area contributed by atoms with Crippen LogP contribution >= 0.6 is 11.8 Å². The average Bonchev–Trinajstić information content (AvgIpc) is 2.34. The van der Waals surface area contributed by atoms with Crippen LogP contribution in [0.3, 0.4) is 0 Å². The van der Waals surface area contributed by atoms with Crippen molar-refractivity contribution < 1.29 is 4.21 Å². The Kier molecular flexibility index (Phi) is 3.87. The minimum absolute atomic E-state index is 0.249. The van der Waals surface area contributed by atoms with E-state index in [1.807, 2.05) is 36.0 Å². The van der Waals surface area contributed by atoms with Crippen LogP contribution in [0.15, 0.2) is 43.0 Å². The van der Waals surface area contributed by atoms with E-state index in [-0.39, 0.29) is 4.08 Å². The summed E-state index contributed by atoms with van der Waals surface area (Å²) in [6, 6.07) is 10.2. The molecule has 0 bridgehead atoms. The molecule has 0 saturated carbocycles. The van der Waals surface area contributed by atoms with Gasteiger partial charge in [-0.15, -0.1) is 18.3 Å². The molecule has 1 nitrogen and oxygen atoms in total. The fourth-order valence-electron chi connectivity index (χ4n) is 2.02. The van der Waals surface area contributed by atoms with E-state index >= 15 is 0 Å². The monoisotopic (exact) mass is 252 g/mol. The zero-order valence-electron chi connectivity index (χ0n) is 9.22. The second-order valence-electron chi connectivity index (χ2n) is 3.86. The number of thioether (sulfide) groups is 1. The minimum atomic E-state index is -0.796. The van der Waals surface area contributed by atoms with Gasteiger partial charge in [0, 0.05) is 16.6 Å². The maximum Gasteiger partial charge on any atom is 0.119 e. The summed E-state index contributed by atoms with van der Waals surface area (Å²) in [5.41, 5.74) is 1.18. The first-order chi connectivity index (χ1) is 7.79. The largest absolute Gasteiger partial charge is 0.258 e. The van der Waals surface area contributed by atoms with Crippen LogP contribution in [0.25, 0.3) is 0 Å². The Morgan fingerprint density at radius 3 is 2.81 bits per heavy atom. The second-order valence-corrected chi connectivity index (χ2v) is 7.31. The van der Waals surface area contributed by atoms with Crippen LogP contribution in [-0.2, 0) is 14.9 Å². The van der Waals surface area contributed by atoms with E-state index < -0.39 is 10.8 Å². The van der Waals surface area contributed by atoms with Gasteiger partial charge in [-0.2, -0.15) is 0 Å². The maximum atomic E-state index is 12.3. The Hall–Kier alpha value is -0.540. The third kappa shape index (κ3) is 2.11. The van der Waals surface area contributed by atoms with E-state index in [0.29, 0.717) is 0 Å². The predicted octanol–water partition coefficient (Wildman–Crippen LogP) is 3.30. The summed E-state index contributed by atoms with van der Waals surface area (Å²) in [6.07, 6.45) is 3.74. The highest BCUT2D eigenvalue weighted by atomic mass is 32.2. The summed E-state index contributed by atoms with van der Waals surface area (Å²) in [6.45, 7) is 3.81. The summed E-state index contributed by atoms with van der Waals surface area (Å²) in [5, 5.41) is 0. The SMILES string of the molecule is C=CC[C@@]1(c2ccccc2)SCCCS1=O. The molecule has 0 radical (unpaired) electrons. The number of allylic oxidation sites excluding steroid dienone is 1. The summed E-state index contributed by atoms with van der Waals surface area (Å²) < 4.78 is 12.1. The summed E-state index contributed by atoms with van der Waals surface area (Å²) in [4.78, 5) is 0. The highest BCUT2D eigenvalue weighted by Gasteiger charge is 2.40. The molecule has 1 aromatic rings. The molecule has 16 heavy (non-hydrogen) atoms. The molecule has 0 aromatic heterocycles. The first-order valence-electron chi connectivity index (χ1n) is 5.48. The molecular weight excluding hydrogens is 236 g/mol. The van der Waals surface area contributed by atoms with Gasteiger partial charge >= 0.3 is 0 Å². The van der Waals surface area contributed by atoms with Crippen molar-refractivity contribution in [2.24, 2.45) is 0 Å². The fraction of sp³-hybridized carbons (Fsp3) is 0.385. The Morgan fingerprint density at radius 2 is 2.19 bits per heavy atom. The van der Waals surface area contributed by atoms with Gasteiger partial charge < -0.3 is 0 Å². The van der Waals surface area contributed by atoms with E-state index in [9.17, 15) is 4.21 Å².